The van der Waals surface area contributed by atoms with Gasteiger partial charge < -0.3 is 5.11 Å². The van der Waals surface area contributed by atoms with Gasteiger partial charge in [0.25, 0.3) is 0 Å². The molecule has 0 aromatic heterocycles. The minimum absolute atomic E-state index is 0.138. The summed E-state index contributed by atoms with van der Waals surface area (Å²) < 4.78 is 13.1. The minimum atomic E-state index is -0.681. The highest BCUT2D eigenvalue weighted by atomic mass is 32.1. The lowest BCUT2D eigenvalue weighted by molar-refractivity contribution is 0.199. The number of thiocarbonyl (C=S) groups is 1. The normalized spacial score (nSPS) is 11.9. The molecule has 0 heterocycles. The third-order valence-corrected chi connectivity index (χ3v) is 1.71. The second kappa shape index (κ2) is 4.23. The van der Waals surface area contributed by atoms with Gasteiger partial charge in [-0.15, -0.1) is 0 Å². The summed E-state index contributed by atoms with van der Waals surface area (Å²) in [7, 11) is 0. The monoisotopic (exact) mass is 197 g/mol. The fourth-order valence-corrected chi connectivity index (χ4v) is 1.02. The van der Waals surface area contributed by atoms with Crippen molar-refractivity contribution in [2.24, 2.45) is 4.99 Å². The number of hydrogen-bond acceptors (Lipinski definition) is 3. The van der Waals surface area contributed by atoms with E-state index in [1.807, 2.05) is 0 Å². The summed E-state index contributed by atoms with van der Waals surface area (Å²) in [5.41, 5.74) is 0.653. The third kappa shape index (κ3) is 2.42. The van der Waals surface area contributed by atoms with Crippen molar-refractivity contribution < 1.29 is 9.50 Å². The van der Waals surface area contributed by atoms with Gasteiger partial charge in [0, 0.05) is 0 Å². The van der Waals surface area contributed by atoms with Crippen LogP contribution in [0, 0.1) is 5.82 Å². The molecule has 0 spiro atoms. The van der Waals surface area contributed by atoms with Crippen LogP contribution >= 0.6 is 12.2 Å². The van der Waals surface area contributed by atoms with E-state index in [0.717, 1.165) is 0 Å². The molecule has 0 saturated carbocycles. The van der Waals surface area contributed by atoms with Crippen LogP contribution in [0.3, 0.4) is 0 Å². The minimum Gasteiger partial charge on any atom is -0.389 e. The maximum atomic E-state index is 13.1. The van der Waals surface area contributed by atoms with Gasteiger partial charge in [0.1, 0.15) is 11.5 Å². The maximum absolute atomic E-state index is 13.1. The first-order valence-corrected chi connectivity index (χ1v) is 4.11. The number of nitrogens with zero attached hydrogens (tertiary/aromatic N) is 1. The SMILES string of the molecule is C[C@H](O)c1ccc(N=C=S)c(F)c1. The van der Waals surface area contributed by atoms with E-state index < -0.39 is 11.9 Å². The lowest BCUT2D eigenvalue weighted by Gasteiger charge is -2.04. The number of hydrogen-bond donors (Lipinski definition) is 1. The zero-order chi connectivity index (χ0) is 9.84. The molecule has 68 valence electrons. The van der Waals surface area contributed by atoms with Crippen LogP contribution in [0.25, 0.3) is 0 Å². The summed E-state index contributed by atoms with van der Waals surface area (Å²) in [5.74, 6) is -0.504. The Bertz CT molecular complexity index is 359. The third-order valence-electron chi connectivity index (χ3n) is 1.62. The lowest BCUT2D eigenvalue weighted by atomic mass is 10.1. The Labute approximate surface area is 80.7 Å². The maximum Gasteiger partial charge on any atom is 0.150 e. The molecule has 13 heavy (non-hydrogen) atoms. The molecule has 1 N–H and O–H groups in total. The topological polar surface area (TPSA) is 32.6 Å². The van der Waals surface area contributed by atoms with Crippen molar-refractivity contribution in [3.05, 3.63) is 29.6 Å². The fraction of sp³-hybridized carbons (Fsp3) is 0.222. The molecule has 1 rings (SSSR count). The highest BCUT2D eigenvalue weighted by Crippen LogP contribution is 2.21. The Balaban J connectivity index is 3.12. The zero-order valence-electron chi connectivity index (χ0n) is 6.99. The van der Waals surface area contributed by atoms with Crippen molar-refractivity contribution in [2.75, 3.05) is 0 Å². The largest absolute Gasteiger partial charge is 0.389 e. The summed E-state index contributed by atoms with van der Waals surface area (Å²) >= 11 is 4.35. The van der Waals surface area contributed by atoms with Crippen molar-refractivity contribution >= 4 is 23.1 Å². The molecule has 1 aromatic carbocycles. The molecule has 0 aliphatic carbocycles. The van der Waals surface area contributed by atoms with Gasteiger partial charge >= 0.3 is 0 Å². The van der Waals surface area contributed by atoms with E-state index in [-0.39, 0.29) is 5.69 Å². The molecular formula is C9H8FNOS. The smallest absolute Gasteiger partial charge is 0.150 e. The first-order chi connectivity index (χ1) is 6.15. The van der Waals surface area contributed by atoms with Gasteiger partial charge in [-0.3, -0.25) is 0 Å². The molecule has 0 bridgehead atoms. The molecule has 0 aliphatic heterocycles. The molecule has 2 nitrogen and oxygen atoms in total. The second-order valence-electron chi connectivity index (χ2n) is 2.59. The number of aliphatic hydroxyl groups excluding tert-OH is 1. The van der Waals surface area contributed by atoms with E-state index in [1.165, 1.54) is 12.1 Å². The fourth-order valence-electron chi connectivity index (χ4n) is 0.923. The number of isothiocyanates is 1. The Morgan fingerprint density at radius 3 is 2.77 bits per heavy atom. The van der Waals surface area contributed by atoms with E-state index in [1.54, 1.807) is 13.0 Å². The molecule has 0 aliphatic rings. The van der Waals surface area contributed by atoms with E-state index in [9.17, 15) is 4.39 Å². The molecule has 4 heteroatoms. The summed E-state index contributed by atoms with van der Waals surface area (Å²) in [5, 5.41) is 11.2. The molecule has 0 unspecified atom stereocenters. The van der Waals surface area contributed by atoms with Crippen LogP contribution in [0.5, 0.6) is 0 Å². The van der Waals surface area contributed by atoms with Crippen LogP contribution in [-0.2, 0) is 0 Å². The standard InChI is InChI=1S/C9H8FNOS/c1-6(12)7-2-3-9(11-5-13)8(10)4-7/h2-4,6,12H,1H3/t6-/m0/s1. The molecule has 0 saturated heterocycles. The van der Waals surface area contributed by atoms with Crippen molar-refractivity contribution in [2.45, 2.75) is 13.0 Å². The van der Waals surface area contributed by atoms with Crippen molar-refractivity contribution in [1.82, 2.24) is 0 Å². The van der Waals surface area contributed by atoms with Crippen molar-refractivity contribution in [1.29, 1.82) is 0 Å². The highest BCUT2D eigenvalue weighted by Gasteiger charge is 2.05. The van der Waals surface area contributed by atoms with Crippen LogP contribution in [0.2, 0.25) is 0 Å². The van der Waals surface area contributed by atoms with E-state index >= 15 is 0 Å². The van der Waals surface area contributed by atoms with Gasteiger partial charge in [-0.1, -0.05) is 6.07 Å². The summed E-state index contributed by atoms with van der Waals surface area (Å²) in [4.78, 5) is 3.51. The van der Waals surface area contributed by atoms with Crippen LogP contribution in [0.4, 0.5) is 10.1 Å². The van der Waals surface area contributed by atoms with Gasteiger partial charge in [-0.05, 0) is 36.8 Å². The molecule has 0 fully saturated rings. The number of benzene rings is 1. The highest BCUT2D eigenvalue weighted by molar-refractivity contribution is 7.78. The molecule has 0 amide bonds. The number of aliphatic hydroxyl groups is 1. The van der Waals surface area contributed by atoms with E-state index in [0.29, 0.717) is 5.56 Å². The number of halogens is 1. The Kier molecular flexibility index (Phi) is 3.25. The van der Waals surface area contributed by atoms with Gasteiger partial charge in [0.2, 0.25) is 0 Å². The Morgan fingerprint density at radius 1 is 1.62 bits per heavy atom. The van der Waals surface area contributed by atoms with Crippen LogP contribution in [0.15, 0.2) is 23.2 Å². The first-order valence-electron chi connectivity index (χ1n) is 3.70. The molecule has 1 aromatic rings. The average molecular weight is 197 g/mol. The summed E-state index contributed by atoms with van der Waals surface area (Å²) in [6.07, 6.45) is -0.681. The van der Waals surface area contributed by atoms with Gasteiger partial charge in [0.15, 0.2) is 0 Å². The predicted octanol–water partition coefficient (Wildman–Crippen LogP) is 2.61. The van der Waals surface area contributed by atoms with Crippen LogP contribution < -0.4 is 0 Å². The lowest BCUT2D eigenvalue weighted by Crippen LogP contribution is -1.91. The van der Waals surface area contributed by atoms with Crippen molar-refractivity contribution in [3.8, 4) is 0 Å². The number of aliphatic imine (C=N–C) groups is 1. The van der Waals surface area contributed by atoms with Gasteiger partial charge in [-0.25, -0.2) is 4.39 Å². The number of rotatable bonds is 2. The Morgan fingerprint density at radius 2 is 2.31 bits per heavy atom. The molecule has 0 radical (unpaired) electrons. The van der Waals surface area contributed by atoms with Crippen LogP contribution in [0.1, 0.15) is 18.6 Å². The summed E-state index contributed by atoms with van der Waals surface area (Å²) in [6, 6.07) is 4.28. The van der Waals surface area contributed by atoms with E-state index in [4.69, 9.17) is 5.11 Å². The second-order valence-corrected chi connectivity index (χ2v) is 2.77. The quantitative estimate of drug-likeness (QED) is 0.584. The predicted molar refractivity (Wildman–Crippen MR) is 51.7 cm³/mol. The Hall–Kier alpha value is -1.09. The zero-order valence-corrected chi connectivity index (χ0v) is 7.81. The van der Waals surface area contributed by atoms with Crippen LogP contribution in [-0.4, -0.2) is 10.3 Å². The first kappa shape index (κ1) is 9.99. The van der Waals surface area contributed by atoms with Gasteiger partial charge in [-0.2, -0.15) is 4.99 Å². The molecule has 1 atom stereocenters. The van der Waals surface area contributed by atoms with Crippen molar-refractivity contribution in [3.63, 3.8) is 0 Å². The average Bonchev–Trinajstić information content (AvgIpc) is 2.08. The van der Waals surface area contributed by atoms with E-state index in [2.05, 4.69) is 22.4 Å². The summed E-state index contributed by atoms with van der Waals surface area (Å²) in [6.45, 7) is 1.57. The molecular weight excluding hydrogens is 189 g/mol. The van der Waals surface area contributed by atoms with Gasteiger partial charge in [0.05, 0.1) is 11.3 Å².